The van der Waals surface area contributed by atoms with E-state index in [4.69, 9.17) is 16.7 Å². The van der Waals surface area contributed by atoms with E-state index in [2.05, 4.69) is 4.98 Å². The van der Waals surface area contributed by atoms with Crippen LogP contribution in [0.3, 0.4) is 0 Å². The highest BCUT2D eigenvalue weighted by Gasteiger charge is 2.41. The van der Waals surface area contributed by atoms with Crippen LogP contribution >= 0.6 is 11.6 Å². The Bertz CT molecular complexity index is 388. The van der Waals surface area contributed by atoms with Crippen molar-refractivity contribution < 1.29 is 9.90 Å². The molecule has 1 aromatic rings. The van der Waals surface area contributed by atoms with Gasteiger partial charge in [0.2, 0.25) is 0 Å². The fourth-order valence-electron chi connectivity index (χ4n) is 2.12. The quantitative estimate of drug-likeness (QED) is 0.805. The molecule has 0 saturated heterocycles. The zero-order valence-electron chi connectivity index (χ0n) is 8.24. The Kier molecular flexibility index (Phi) is 2.65. The van der Waals surface area contributed by atoms with E-state index in [9.17, 15) is 4.79 Å². The number of aromatic nitrogens is 1. The summed E-state index contributed by atoms with van der Waals surface area (Å²) in [5, 5.41) is 9.32. The molecule has 1 heterocycles. The smallest absolute Gasteiger partial charge is 0.304 e. The number of carboxylic acids is 1. The monoisotopic (exact) mass is 225 g/mol. The second kappa shape index (κ2) is 3.81. The molecule has 4 heteroatoms. The fourth-order valence-corrected chi connectivity index (χ4v) is 2.28. The van der Waals surface area contributed by atoms with Crippen LogP contribution in [0.1, 0.15) is 31.4 Å². The van der Waals surface area contributed by atoms with Gasteiger partial charge in [-0.05, 0) is 25.0 Å². The van der Waals surface area contributed by atoms with Crippen molar-refractivity contribution >= 4 is 17.6 Å². The van der Waals surface area contributed by atoms with Crippen molar-refractivity contribution in [3.05, 3.63) is 29.0 Å². The molecule has 0 aromatic carbocycles. The molecule has 1 aliphatic rings. The number of hydrogen-bond donors (Lipinski definition) is 1. The van der Waals surface area contributed by atoms with Gasteiger partial charge in [-0.25, -0.2) is 4.98 Å². The lowest BCUT2D eigenvalue weighted by Gasteiger charge is -2.40. The van der Waals surface area contributed by atoms with Gasteiger partial charge in [0.1, 0.15) is 5.15 Å². The number of rotatable bonds is 3. The summed E-state index contributed by atoms with van der Waals surface area (Å²) < 4.78 is 0. The van der Waals surface area contributed by atoms with Gasteiger partial charge in [-0.2, -0.15) is 0 Å². The van der Waals surface area contributed by atoms with E-state index in [1.807, 2.05) is 12.1 Å². The van der Waals surface area contributed by atoms with Gasteiger partial charge in [0, 0.05) is 11.1 Å². The molecule has 0 bridgehead atoms. The summed E-state index contributed by atoms with van der Waals surface area (Å²) >= 11 is 5.81. The molecule has 0 atom stereocenters. The molecule has 0 unspecified atom stereocenters. The van der Waals surface area contributed by atoms with E-state index in [1.165, 1.54) is 0 Å². The molecule has 0 spiro atoms. The Labute approximate surface area is 93.1 Å². The predicted octanol–water partition coefficient (Wildman–Crippen LogP) is 2.63. The Morgan fingerprint density at radius 3 is 2.73 bits per heavy atom. The normalized spacial score (nSPS) is 18.2. The largest absolute Gasteiger partial charge is 0.481 e. The summed E-state index contributed by atoms with van der Waals surface area (Å²) in [7, 11) is 0. The number of hydrogen-bond acceptors (Lipinski definition) is 2. The molecule has 1 fully saturated rings. The van der Waals surface area contributed by atoms with Crippen LogP contribution in [0.15, 0.2) is 18.2 Å². The van der Waals surface area contributed by atoms with Gasteiger partial charge >= 0.3 is 5.97 Å². The Morgan fingerprint density at radius 2 is 2.27 bits per heavy atom. The number of carboxylic acid groups (broad SMARTS) is 1. The lowest BCUT2D eigenvalue weighted by molar-refractivity contribution is -0.139. The first-order chi connectivity index (χ1) is 7.12. The Balaban J connectivity index is 2.29. The van der Waals surface area contributed by atoms with Crippen molar-refractivity contribution in [3.63, 3.8) is 0 Å². The molecule has 0 amide bonds. The van der Waals surface area contributed by atoms with Crippen molar-refractivity contribution in [1.82, 2.24) is 4.98 Å². The highest BCUT2D eigenvalue weighted by Crippen LogP contribution is 2.45. The first-order valence-corrected chi connectivity index (χ1v) is 5.35. The van der Waals surface area contributed by atoms with Crippen LogP contribution in [0.25, 0.3) is 0 Å². The minimum Gasteiger partial charge on any atom is -0.481 e. The van der Waals surface area contributed by atoms with Crippen LogP contribution in [0.5, 0.6) is 0 Å². The second-order valence-corrected chi connectivity index (χ2v) is 4.44. The molecular weight excluding hydrogens is 214 g/mol. The molecule has 80 valence electrons. The topological polar surface area (TPSA) is 50.2 Å². The maximum Gasteiger partial charge on any atom is 0.304 e. The van der Waals surface area contributed by atoms with Crippen LogP contribution in [0, 0.1) is 0 Å². The lowest BCUT2D eigenvalue weighted by atomic mass is 9.64. The van der Waals surface area contributed by atoms with Crippen molar-refractivity contribution in [2.75, 3.05) is 0 Å². The van der Waals surface area contributed by atoms with E-state index in [1.54, 1.807) is 6.07 Å². The number of halogens is 1. The van der Waals surface area contributed by atoms with Crippen LogP contribution in [0.2, 0.25) is 5.15 Å². The minimum atomic E-state index is -0.767. The third kappa shape index (κ3) is 1.97. The molecule has 15 heavy (non-hydrogen) atoms. The van der Waals surface area contributed by atoms with Crippen LogP contribution in [-0.2, 0) is 10.2 Å². The van der Waals surface area contributed by atoms with E-state index in [-0.39, 0.29) is 11.8 Å². The van der Waals surface area contributed by atoms with Crippen LogP contribution in [-0.4, -0.2) is 16.1 Å². The Morgan fingerprint density at radius 1 is 1.53 bits per heavy atom. The van der Waals surface area contributed by atoms with Gasteiger partial charge in [-0.3, -0.25) is 4.79 Å². The van der Waals surface area contributed by atoms with Crippen molar-refractivity contribution in [1.29, 1.82) is 0 Å². The third-order valence-electron chi connectivity index (χ3n) is 3.06. The number of aliphatic carboxylic acids is 1. The molecule has 1 N–H and O–H groups in total. The molecule has 1 aliphatic carbocycles. The summed E-state index contributed by atoms with van der Waals surface area (Å²) in [5.74, 6) is -0.767. The first-order valence-electron chi connectivity index (χ1n) is 4.97. The summed E-state index contributed by atoms with van der Waals surface area (Å²) in [4.78, 5) is 15.0. The molecule has 1 saturated carbocycles. The van der Waals surface area contributed by atoms with Gasteiger partial charge in [-0.1, -0.05) is 24.1 Å². The van der Waals surface area contributed by atoms with Gasteiger partial charge in [-0.15, -0.1) is 0 Å². The molecular formula is C11H12ClNO2. The van der Waals surface area contributed by atoms with Crippen LogP contribution < -0.4 is 0 Å². The maximum absolute atomic E-state index is 10.8. The minimum absolute atomic E-state index is 0.153. The van der Waals surface area contributed by atoms with Crippen molar-refractivity contribution in [2.24, 2.45) is 0 Å². The van der Waals surface area contributed by atoms with Gasteiger partial charge in [0.05, 0.1) is 6.42 Å². The van der Waals surface area contributed by atoms with Crippen LogP contribution in [0.4, 0.5) is 0 Å². The van der Waals surface area contributed by atoms with E-state index < -0.39 is 5.97 Å². The molecule has 0 aliphatic heterocycles. The summed E-state index contributed by atoms with van der Waals surface area (Å²) in [5.41, 5.74) is 0.556. The zero-order chi connectivity index (χ0) is 10.9. The van der Waals surface area contributed by atoms with Gasteiger partial charge in [0.15, 0.2) is 0 Å². The number of nitrogens with zero attached hydrogens (tertiary/aromatic N) is 1. The number of carbonyl (C=O) groups is 1. The second-order valence-electron chi connectivity index (χ2n) is 4.05. The average molecular weight is 226 g/mol. The molecule has 3 nitrogen and oxygen atoms in total. The van der Waals surface area contributed by atoms with E-state index in [0.717, 1.165) is 25.0 Å². The maximum atomic E-state index is 10.8. The Hall–Kier alpha value is -1.09. The van der Waals surface area contributed by atoms with Gasteiger partial charge in [0.25, 0.3) is 0 Å². The summed E-state index contributed by atoms with van der Waals surface area (Å²) in [6.07, 6.45) is 3.01. The highest BCUT2D eigenvalue weighted by molar-refractivity contribution is 6.29. The standard InChI is InChI=1S/C11H12ClNO2/c12-9-4-1-3-8(13-9)11(5-2-6-11)7-10(14)15/h1,3-4H,2,5-7H2,(H,14,15). The molecule has 2 rings (SSSR count). The van der Waals surface area contributed by atoms with Crippen molar-refractivity contribution in [2.45, 2.75) is 31.1 Å². The summed E-state index contributed by atoms with van der Waals surface area (Å²) in [6, 6.07) is 5.40. The SMILES string of the molecule is O=C(O)CC1(c2cccc(Cl)n2)CCC1. The highest BCUT2D eigenvalue weighted by atomic mass is 35.5. The number of pyridine rings is 1. The summed E-state index contributed by atoms with van der Waals surface area (Å²) in [6.45, 7) is 0. The zero-order valence-corrected chi connectivity index (χ0v) is 9.00. The molecule has 0 radical (unpaired) electrons. The predicted molar refractivity (Wildman–Crippen MR) is 57.0 cm³/mol. The third-order valence-corrected chi connectivity index (χ3v) is 3.27. The van der Waals surface area contributed by atoms with Crippen molar-refractivity contribution in [3.8, 4) is 0 Å². The first kappa shape index (κ1) is 10.4. The van der Waals surface area contributed by atoms with Gasteiger partial charge < -0.3 is 5.11 Å². The van der Waals surface area contributed by atoms with E-state index in [0.29, 0.717) is 5.15 Å². The molecule has 1 aromatic heterocycles. The van der Waals surface area contributed by atoms with E-state index >= 15 is 0 Å². The average Bonchev–Trinajstić information content (AvgIpc) is 2.11. The lowest BCUT2D eigenvalue weighted by Crippen LogP contribution is -2.37. The fraction of sp³-hybridized carbons (Fsp3) is 0.455.